The largest absolute Gasteiger partial charge is 0.508 e. The van der Waals surface area contributed by atoms with E-state index in [2.05, 4.69) is 15.3 Å². The SMILES string of the molecule is Oc1cccc(C=Nn2cnnc2SCc2ccc(Cl)cc2)c1. The van der Waals surface area contributed by atoms with Gasteiger partial charge in [-0.05, 0) is 35.4 Å². The lowest BCUT2D eigenvalue weighted by molar-refractivity contribution is 0.475. The molecule has 1 heterocycles. The molecule has 0 bridgehead atoms. The second-order valence-corrected chi connectivity index (χ2v) is 6.09. The van der Waals surface area contributed by atoms with Gasteiger partial charge in [-0.2, -0.15) is 9.78 Å². The number of aromatic nitrogens is 3. The first-order valence-corrected chi connectivity index (χ1v) is 8.18. The van der Waals surface area contributed by atoms with E-state index in [1.165, 1.54) is 11.8 Å². The van der Waals surface area contributed by atoms with Crippen molar-refractivity contribution in [3.8, 4) is 5.75 Å². The lowest BCUT2D eigenvalue weighted by atomic mass is 10.2. The zero-order chi connectivity index (χ0) is 16.1. The summed E-state index contributed by atoms with van der Waals surface area (Å²) in [6, 6.07) is 14.5. The molecule has 0 atom stereocenters. The van der Waals surface area contributed by atoms with Crippen LogP contribution < -0.4 is 0 Å². The van der Waals surface area contributed by atoms with E-state index in [1.807, 2.05) is 30.3 Å². The van der Waals surface area contributed by atoms with Gasteiger partial charge in [0.15, 0.2) is 0 Å². The van der Waals surface area contributed by atoms with Crippen LogP contribution in [0.4, 0.5) is 0 Å². The molecule has 0 radical (unpaired) electrons. The number of thioether (sulfide) groups is 1. The van der Waals surface area contributed by atoms with Crippen LogP contribution in [0.1, 0.15) is 11.1 Å². The van der Waals surface area contributed by atoms with Crippen LogP contribution >= 0.6 is 23.4 Å². The van der Waals surface area contributed by atoms with Crippen LogP contribution in [0.2, 0.25) is 5.02 Å². The first-order chi connectivity index (χ1) is 11.2. The molecular weight excluding hydrogens is 332 g/mol. The minimum Gasteiger partial charge on any atom is -0.508 e. The highest BCUT2D eigenvalue weighted by molar-refractivity contribution is 7.98. The Morgan fingerprint density at radius 1 is 1.22 bits per heavy atom. The molecule has 0 fully saturated rings. The normalized spacial score (nSPS) is 11.2. The smallest absolute Gasteiger partial charge is 0.212 e. The van der Waals surface area contributed by atoms with E-state index >= 15 is 0 Å². The minimum absolute atomic E-state index is 0.204. The second kappa shape index (κ2) is 7.30. The van der Waals surface area contributed by atoms with Gasteiger partial charge < -0.3 is 5.11 Å². The molecule has 0 spiro atoms. The molecule has 0 aliphatic carbocycles. The maximum Gasteiger partial charge on any atom is 0.212 e. The number of phenols is 1. The fourth-order valence-corrected chi connectivity index (χ4v) is 2.80. The van der Waals surface area contributed by atoms with Crippen molar-refractivity contribution in [2.24, 2.45) is 5.10 Å². The summed E-state index contributed by atoms with van der Waals surface area (Å²) in [5.41, 5.74) is 1.94. The van der Waals surface area contributed by atoms with Crippen molar-refractivity contribution in [1.82, 2.24) is 14.9 Å². The number of aromatic hydroxyl groups is 1. The van der Waals surface area contributed by atoms with Gasteiger partial charge in [0.25, 0.3) is 0 Å². The van der Waals surface area contributed by atoms with Crippen molar-refractivity contribution in [3.63, 3.8) is 0 Å². The van der Waals surface area contributed by atoms with Gasteiger partial charge in [0.05, 0.1) is 6.21 Å². The molecule has 0 aliphatic heterocycles. The summed E-state index contributed by atoms with van der Waals surface area (Å²) in [6.07, 6.45) is 3.19. The summed E-state index contributed by atoms with van der Waals surface area (Å²) in [6.45, 7) is 0. The molecule has 2 aromatic carbocycles. The second-order valence-electron chi connectivity index (χ2n) is 4.71. The predicted octanol–water partition coefficient (Wildman–Crippen LogP) is 3.81. The number of benzene rings is 2. The predicted molar refractivity (Wildman–Crippen MR) is 92.1 cm³/mol. The van der Waals surface area contributed by atoms with Crippen LogP contribution in [0.25, 0.3) is 0 Å². The van der Waals surface area contributed by atoms with Crippen molar-refractivity contribution >= 4 is 29.6 Å². The van der Waals surface area contributed by atoms with Crippen molar-refractivity contribution in [2.75, 3.05) is 0 Å². The standard InChI is InChI=1S/C16H13ClN4OS/c17-14-6-4-12(5-7-14)10-23-16-20-18-11-21(16)19-9-13-2-1-3-15(22)8-13/h1-9,11,22H,10H2. The highest BCUT2D eigenvalue weighted by atomic mass is 35.5. The average Bonchev–Trinajstić information content (AvgIpc) is 3.00. The number of rotatable bonds is 5. The molecule has 0 saturated carbocycles. The molecule has 3 rings (SSSR count). The van der Waals surface area contributed by atoms with Crippen LogP contribution in [-0.2, 0) is 5.75 Å². The molecule has 116 valence electrons. The van der Waals surface area contributed by atoms with Crippen molar-refractivity contribution in [3.05, 3.63) is 71.0 Å². The lowest BCUT2D eigenvalue weighted by Gasteiger charge is -2.01. The molecule has 0 aliphatic rings. The van der Waals surface area contributed by atoms with Crippen LogP contribution in [0.5, 0.6) is 5.75 Å². The van der Waals surface area contributed by atoms with Crippen molar-refractivity contribution in [2.45, 2.75) is 10.9 Å². The molecule has 3 aromatic rings. The average molecular weight is 345 g/mol. The Hall–Kier alpha value is -2.31. The van der Waals surface area contributed by atoms with Crippen LogP contribution in [-0.4, -0.2) is 26.2 Å². The third kappa shape index (κ3) is 4.34. The fourth-order valence-electron chi connectivity index (χ4n) is 1.86. The Balaban J connectivity index is 1.68. The molecule has 7 heteroatoms. The van der Waals surface area contributed by atoms with Gasteiger partial charge in [-0.3, -0.25) is 0 Å². The zero-order valence-corrected chi connectivity index (χ0v) is 13.6. The summed E-state index contributed by atoms with van der Waals surface area (Å²) in [5.74, 6) is 0.951. The summed E-state index contributed by atoms with van der Waals surface area (Å²) in [7, 11) is 0. The van der Waals surface area contributed by atoms with Crippen LogP contribution in [0.15, 0.2) is 65.1 Å². The summed E-state index contributed by atoms with van der Waals surface area (Å²) >= 11 is 7.41. The fraction of sp³-hybridized carbons (Fsp3) is 0.0625. The van der Waals surface area contributed by atoms with E-state index in [0.29, 0.717) is 5.16 Å². The van der Waals surface area contributed by atoms with Gasteiger partial charge in [0.1, 0.15) is 12.1 Å². The van der Waals surface area contributed by atoms with Gasteiger partial charge in [-0.15, -0.1) is 10.2 Å². The molecule has 0 saturated heterocycles. The maximum atomic E-state index is 9.45. The first kappa shape index (κ1) is 15.6. The summed E-state index contributed by atoms with van der Waals surface area (Å²) < 4.78 is 1.60. The summed E-state index contributed by atoms with van der Waals surface area (Å²) in [5, 5.41) is 23.1. The van der Waals surface area contributed by atoms with E-state index in [4.69, 9.17) is 11.6 Å². The van der Waals surface area contributed by atoms with E-state index in [-0.39, 0.29) is 5.75 Å². The van der Waals surface area contributed by atoms with Gasteiger partial charge in [-0.1, -0.05) is 47.6 Å². The molecule has 23 heavy (non-hydrogen) atoms. The quantitative estimate of drug-likeness (QED) is 0.564. The van der Waals surface area contributed by atoms with Crippen molar-refractivity contribution < 1.29 is 5.11 Å². The van der Waals surface area contributed by atoms with E-state index in [1.54, 1.807) is 35.4 Å². The molecule has 5 nitrogen and oxygen atoms in total. The first-order valence-electron chi connectivity index (χ1n) is 6.81. The number of hydrogen-bond acceptors (Lipinski definition) is 5. The number of halogens is 1. The third-order valence-electron chi connectivity index (χ3n) is 2.98. The highest BCUT2D eigenvalue weighted by Crippen LogP contribution is 2.21. The molecule has 0 unspecified atom stereocenters. The number of hydrogen-bond donors (Lipinski definition) is 1. The molecular formula is C16H13ClN4OS. The van der Waals surface area contributed by atoms with Crippen molar-refractivity contribution in [1.29, 1.82) is 0 Å². The van der Waals surface area contributed by atoms with Crippen LogP contribution in [0, 0.1) is 0 Å². The Bertz CT molecular complexity index is 817. The lowest BCUT2D eigenvalue weighted by Crippen LogP contribution is -1.92. The van der Waals surface area contributed by atoms with Gasteiger partial charge in [-0.25, -0.2) is 0 Å². The Kier molecular flexibility index (Phi) is 4.95. The monoisotopic (exact) mass is 344 g/mol. The minimum atomic E-state index is 0.204. The zero-order valence-electron chi connectivity index (χ0n) is 12.0. The molecule has 1 N–H and O–H groups in total. The Morgan fingerprint density at radius 3 is 2.83 bits per heavy atom. The van der Waals surface area contributed by atoms with Gasteiger partial charge >= 0.3 is 0 Å². The Morgan fingerprint density at radius 2 is 2.04 bits per heavy atom. The van der Waals surface area contributed by atoms with Crippen LogP contribution in [0.3, 0.4) is 0 Å². The number of phenolic OH excluding ortho intramolecular Hbond substituents is 1. The van der Waals surface area contributed by atoms with Gasteiger partial charge in [0.2, 0.25) is 5.16 Å². The topological polar surface area (TPSA) is 63.3 Å². The highest BCUT2D eigenvalue weighted by Gasteiger charge is 2.04. The van der Waals surface area contributed by atoms with E-state index in [9.17, 15) is 5.11 Å². The molecule has 1 aromatic heterocycles. The van der Waals surface area contributed by atoms with Gasteiger partial charge in [0, 0.05) is 10.8 Å². The number of nitrogens with zero attached hydrogens (tertiary/aromatic N) is 4. The summed E-state index contributed by atoms with van der Waals surface area (Å²) in [4.78, 5) is 0. The maximum absolute atomic E-state index is 9.45. The Labute approximate surface area is 142 Å². The van der Waals surface area contributed by atoms with E-state index in [0.717, 1.165) is 21.9 Å². The molecule has 0 amide bonds. The van der Waals surface area contributed by atoms with E-state index < -0.39 is 0 Å². The third-order valence-corrected chi connectivity index (χ3v) is 4.24.